The zero-order valence-electron chi connectivity index (χ0n) is 24.3. The first kappa shape index (κ1) is 28.2. The number of Topliss-reactive ketones (excluding diaryl/α,β-unsaturated/α-hetero) is 3. The molecule has 9 nitrogen and oxygen atoms in total. The van der Waals surface area contributed by atoms with Gasteiger partial charge in [-0.1, -0.05) is 20.4 Å². The molecule has 1 aromatic heterocycles. The number of hydrogen-bond donors (Lipinski definition) is 2. The van der Waals surface area contributed by atoms with Crippen LogP contribution in [0.5, 0.6) is 0 Å². The molecular formula is C33H40O9. The number of furan rings is 1. The lowest BCUT2D eigenvalue weighted by atomic mass is 9.36. The molecular weight excluding hydrogens is 540 g/mol. The molecule has 2 aliphatic heterocycles. The normalized spacial score (nSPS) is 45.3. The van der Waals surface area contributed by atoms with Gasteiger partial charge in [-0.3, -0.25) is 19.2 Å². The second-order valence-electron chi connectivity index (χ2n) is 14.5. The average Bonchev–Trinajstić information content (AvgIpc) is 3.54. The van der Waals surface area contributed by atoms with Crippen molar-refractivity contribution in [3.63, 3.8) is 0 Å². The molecule has 5 aliphatic carbocycles. The Balaban J connectivity index is 1.17. The molecule has 2 spiro atoms. The number of aliphatic hydroxyl groups is 2. The van der Waals surface area contributed by atoms with E-state index in [1.165, 1.54) is 6.26 Å². The fourth-order valence-electron chi connectivity index (χ4n) is 10.4. The van der Waals surface area contributed by atoms with Gasteiger partial charge in [0.15, 0.2) is 17.3 Å². The van der Waals surface area contributed by atoms with Crippen LogP contribution in [0.1, 0.15) is 82.2 Å². The number of hydrogen-bond acceptors (Lipinski definition) is 9. The van der Waals surface area contributed by atoms with Gasteiger partial charge in [0.25, 0.3) is 0 Å². The van der Waals surface area contributed by atoms with E-state index in [2.05, 4.69) is 6.58 Å². The second-order valence-corrected chi connectivity index (χ2v) is 14.5. The molecule has 8 rings (SSSR count). The van der Waals surface area contributed by atoms with Gasteiger partial charge in [-0.05, 0) is 79.9 Å². The third kappa shape index (κ3) is 3.36. The quantitative estimate of drug-likeness (QED) is 0.302. The number of ether oxygens (including phenoxy) is 2. The molecule has 5 saturated carbocycles. The Bertz CT molecular complexity index is 1350. The lowest BCUT2D eigenvalue weighted by molar-refractivity contribution is -0.437. The average molecular weight is 581 g/mol. The SMILES string of the molecule is C=C1C(=O)[C@]23[C@H](OC(=O)C4CCC(CC(=O)c5ccco5)CC4)[C@H]1CC[C@H]2[C@@]12CO[C@@]3(O)[C@@H](O)[C@@H]1C(C)(C)CCC2=O. The summed E-state index contributed by atoms with van der Waals surface area (Å²) in [6.45, 7) is 8.01. The number of esters is 1. The molecule has 3 heterocycles. The lowest BCUT2D eigenvalue weighted by Crippen LogP contribution is -2.85. The highest BCUT2D eigenvalue weighted by Crippen LogP contribution is 2.76. The third-order valence-corrected chi connectivity index (χ3v) is 12.3. The van der Waals surface area contributed by atoms with Crippen molar-refractivity contribution in [2.24, 2.45) is 45.8 Å². The largest absolute Gasteiger partial charge is 0.461 e. The zero-order chi connectivity index (χ0) is 29.8. The van der Waals surface area contributed by atoms with Crippen molar-refractivity contribution in [1.82, 2.24) is 0 Å². The molecule has 4 bridgehead atoms. The number of ketones is 3. The lowest BCUT2D eigenvalue weighted by Gasteiger charge is -2.73. The molecule has 42 heavy (non-hydrogen) atoms. The minimum absolute atomic E-state index is 0.0479. The van der Waals surface area contributed by atoms with Crippen LogP contribution in [-0.2, 0) is 23.9 Å². The van der Waals surface area contributed by atoms with Gasteiger partial charge in [-0.15, -0.1) is 0 Å². The highest BCUT2D eigenvalue weighted by atomic mass is 16.6. The molecule has 1 aromatic rings. The monoisotopic (exact) mass is 580 g/mol. The topological polar surface area (TPSA) is 140 Å². The van der Waals surface area contributed by atoms with Crippen LogP contribution in [0.3, 0.4) is 0 Å². The predicted octanol–water partition coefficient (Wildman–Crippen LogP) is 3.81. The van der Waals surface area contributed by atoms with Gasteiger partial charge in [-0.2, -0.15) is 0 Å². The second kappa shape index (κ2) is 9.19. The first-order valence-corrected chi connectivity index (χ1v) is 15.5. The summed E-state index contributed by atoms with van der Waals surface area (Å²) in [4.78, 5) is 54.3. The summed E-state index contributed by atoms with van der Waals surface area (Å²) in [6.07, 6.45) is 3.57. The molecule has 9 heteroatoms. The van der Waals surface area contributed by atoms with E-state index in [9.17, 15) is 29.4 Å². The Kier molecular flexibility index (Phi) is 6.16. The van der Waals surface area contributed by atoms with Gasteiger partial charge in [0.1, 0.15) is 23.4 Å². The van der Waals surface area contributed by atoms with Crippen molar-refractivity contribution in [2.45, 2.75) is 89.6 Å². The van der Waals surface area contributed by atoms with Crippen molar-refractivity contribution in [1.29, 1.82) is 0 Å². The van der Waals surface area contributed by atoms with Gasteiger partial charge in [0.05, 0.1) is 24.2 Å². The number of carbonyl (C=O) groups excluding carboxylic acids is 4. The summed E-state index contributed by atoms with van der Waals surface area (Å²) < 4.78 is 17.5. The van der Waals surface area contributed by atoms with Gasteiger partial charge in [-0.25, -0.2) is 0 Å². The zero-order valence-corrected chi connectivity index (χ0v) is 24.3. The summed E-state index contributed by atoms with van der Waals surface area (Å²) in [5, 5.41) is 24.2. The van der Waals surface area contributed by atoms with Crippen LogP contribution >= 0.6 is 0 Å². The molecule has 2 saturated heterocycles. The first-order valence-electron chi connectivity index (χ1n) is 15.5. The van der Waals surface area contributed by atoms with Crippen LogP contribution < -0.4 is 0 Å². The maximum Gasteiger partial charge on any atom is 0.309 e. The van der Waals surface area contributed by atoms with Crippen molar-refractivity contribution >= 4 is 23.3 Å². The van der Waals surface area contributed by atoms with E-state index in [1.54, 1.807) is 12.1 Å². The number of fused-ring (bicyclic) bond motifs is 2. The molecule has 0 amide bonds. The van der Waals surface area contributed by atoms with Crippen molar-refractivity contribution in [3.8, 4) is 0 Å². The number of aliphatic hydroxyl groups excluding tert-OH is 1. The summed E-state index contributed by atoms with van der Waals surface area (Å²) in [5.41, 5.74) is -3.14. The fourth-order valence-corrected chi connectivity index (χ4v) is 10.4. The maximum atomic E-state index is 14.2. The smallest absolute Gasteiger partial charge is 0.309 e. The molecule has 226 valence electrons. The molecule has 2 N–H and O–H groups in total. The molecule has 0 radical (unpaired) electrons. The number of carbonyl (C=O) groups is 4. The fraction of sp³-hybridized carbons (Fsp3) is 0.697. The van der Waals surface area contributed by atoms with E-state index in [-0.39, 0.29) is 29.7 Å². The van der Waals surface area contributed by atoms with Crippen LogP contribution in [0.15, 0.2) is 35.0 Å². The minimum atomic E-state index is -2.30. The highest BCUT2D eigenvalue weighted by Gasteiger charge is 2.88. The summed E-state index contributed by atoms with van der Waals surface area (Å²) in [6, 6.07) is 3.34. The van der Waals surface area contributed by atoms with E-state index >= 15 is 0 Å². The molecule has 0 unspecified atom stereocenters. The third-order valence-electron chi connectivity index (χ3n) is 12.3. The number of rotatable bonds is 5. The minimum Gasteiger partial charge on any atom is -0.461 e. The van der Waals surface area contributed by atoms with Gasteiger partial charge in [0, 0.05) is 24.7 Å². The highest BCUT2D eigenvalue weighted by molar-refractivity contribution is 6.06. The molecule has 8 atom stereocenters. The summed E-state index contributed by atoms with van der Waals surface area (Å²) in [5.74, 6) is -4.98. The molecule has 7 fully saturated rings. The Labute approximate surface area is 245 Å². The molecule has 7 aliphatic rings. The van der Waals surface area contributed by atoms with Crippen molar-refractivity contribution < 1.29 is 43.3 Å². The van der Waals surface area contributed by atoms with E-state index in [4.69, 9.17) is 13.9 Å². The molecule has 0 aromatic carbocycles. The van der Waals surface area contributed by atoms with E-state index in [0.29, 0.717) is 63.5 Å². The first-order chi connectivity index (χ1) is 19.9. The van der Waals surface area contributed by atoms with Crippen LogP contribution in [0.4, 0.5) is 0 Å². The Morgan fingerprint density at radius 1 is 1.12 bits per heavy atom. The Morgan fingerprint density at radius 2 is 1.86 bits per heavy atom. The maximum absolute atomic E-state index is 14.2. The Hall–Kier alpha value is -2.62. The van der Waals surface area contributed by atoms with Crippen LogP contribution in [0.2, 0.25) is 0 Å². The van der Waals surface area contributed by atoms with E-state index < -0.39 is 69.7 Å². The van der Waals surface area contributed by atoms with E-state index in [1.807, 2.05) is 13.8 Å². The summed E-state index contributed by atoms with van der Waals surface area (Å²) >= 11 is 0. The van der Waals surface area contributed by atoms with Crippen molar-refractivity contribution in [3.05, 3.63) is 36.3 Å². The predicted molar refractivity (Wildman–Crippen MR) is 147 cm³/mol. The Morgan fingerprint density at radius 3 is 2.55 bits per heavy atom. The van der Waals surface area contributed by atoms with Gasteiger partial charge in [0.2, 0.25) is 5.79 Å². The van der Waals surface area contributed by atoms with Gasteiger partial charge < -0.3 is 24.1 Å². The van der Waals surface area contributed by atoms with E-state index in [0.717, 1.165) is 0 Å². The standard InChI is InChI=1S/C33H40O9/c1-17-20-10-11-23-31-16-41-33(39,27(37)25(31)30(2,3)13-12-24(31)35)32(23,26(17)36)28(20)42-29(38)19-8-6-18(7-9-19)15-21(34)22-5-4-14-40-22/h4-5,14,18-20,23,25,27-28,37,39H,1,6-13,15-16H2,2-3H3/t18?,19?,20-,23-,25+,27-,28+,31+,32-,33-/m0/s1. The van der Waals surface area contributed by atoms with Gasteiger partial charge >= 0.3 is 5.97 Å². The van der Waals surface area contributed by atoms with Crippen LogP contribution in [0, 0.1) is 45.8 Å². The van der Waals surface area contributed by atoms with Crippen LogP contribution in [-0.4, -0.2) is 58.1 Å². The van der Waals surface area contributed by atoms with Crippen molar-refractivity contribution in [2.75, 3.05) is 6.61 Å². The summed E-state index contributed by atoms with van der Waals surface area (Å²) in [7, 11) is 0. The van der Waals surface area contributed by atoms with Crippen LogP contribution in [0.25, 0.3) is 0 Å².